The number of carbonyl (C=O) groups is 4. The van der Waals surface area contributed by atoms with E-state index in [1.165, 1.54) is 270 Å². The lowest BCUT2D eigenvalue weighted by Gasteiger charge is -2.21. The maximum atomic E-state index is 13.1. The van der Waals surface area contributed by atoms with E-state index in [9.17, 15) is 43.2 Å². The molecule has 17 nitrogen and oxygen atoms in total. The Hall–Kier alpha value is -1.94. The molecule has 624 valence electrons. The summed E-state index contributed by atoms with van der Waals surface area (Å²) in [4.78, 5) is 73.1. The van der Waals surface area contributed by atoms with Gasteiger partial charge in [0, 0.05) is 25.7 Å². The summed E-state index contributed by atoms with van der Waals surface area (Å²) in [5, 5.41) is 10.7. The Balaban J connectivity index is 5.20. The van der Waals surface area contributed by atoms with Crippen LogP contribution in [0.15, 0.2) is 0 Å². The molecule has 0 aliphatic carbocycles. The first-order valence-corrected chi connectivity index (χ1v) is 47.5. The van der Waals surface area contributed by atoms with Gasteiger partial charge in [0.1, 0.15) is 19.3 Å². The molecule has 0 heterocycles. The minimum absolute atomic E-state index is 0.106. The molecular weight excluding hydrogens is 1370 g/mol. The molecule has 0 radical (unpaired) electrons. The molecule has 0 saturated carbocycles. The molecule has 19 heteroatoms. The van der Waals surface area contributed by atoms with E-state index >= 15 is 0 Å². The molecule has 0 bridgehead atoms. The van der Waals surface area contributed by atoms with Gasteiger partial charge < -0.3 is 33.8 Å². The number of ether oxygens (including phenoxy) is 4. The van der Waals surface area contributed by atoms with Crippen LogP contribution in [0.5, 0.6) is 0 Å². The van der Waals surface area contributed by atoms with Crippen molar-refractivity contribution in [2.24, 2.45) is 11.8 Å². The number of carbonyl (C=O) groups excluding carboxylic acids is 4. The van der Waals surface area contributed by atoms with Crippen molar-refractivity contribution in [3.8, 4) is 0 Å². The van der Waals surface area contributed by atoms with Crippen LogP contribution in [-0.4, -0.2) is 96.7 Å². The first kappa shape index (κ1) is 103. The van der Waals surface area contributed by atoms with Crippen molar-refractivity contribution in [2.75, 3.05) is 39.6 Å². The summed E-state index contributed by atoms with van der Waals surface area (Å²) in [6.45, 7) is 9.60. The molecule has 3 unspecified atom stereocenters. The number of unbranched alkanes of at least 4 members (excludes halogenated alkanes) is 54. The van der Waals surface area contributed by atoms with Crippen LogP contribution in [0.3, 0.4) is 0 Å². The molecule has 0 aromatic carbocycles. The molecule has 0 aliphatic rings. The lowest BCUT2D eigenvalue weighted by molar-refractivity contribution is -0.161. The number of hydrogen-bond acceptors (Lipinski definition) is 15. The number of aliphatic hydroxyl groups is 1. The van der Waals surface area contributed by atoms with E-state index in [0.717, 1.165) is 102 Å². The van der Waals surface area contributed by atoms with Crippen LogP contribution in [0.25, 0.3) is 0 Å². The van der Waals surface area contributed by atoms with E-state index in [1.807, 2.05) is 0 Å². The average molecular weight is 1540 g/mol. The van der Waals surface area contributed by atoms with Crippen molar-refractivity contribution in [3.63, 3.8) is 0 Å². The first-order valence-electron chi connectivity index (χ1n) is 44.5. The van der Waals surface area contributed by atoms with Gasteiger partial charge in [0.2, 0.25) is 0 Å². The maximum Gasteiger partial charge on any atom is 0.472 e. The monoisotopic (exact) mass is 1540 g/mol. The van der Waals surface area contributed by atoms with Crippen LogP contribution in [0, 0.1) is 11.8 Å². The Kier molecular flexibility index (Phi) is 76.0. The maximum absolute atomic E-state index is 13.1. The Morgan fingerprint density at radius 2 is 0.486 bits per heavy atom. The van der Waals surface area contributed by atoms with Gasteiger partial charge in [0.05, 0.1) is 26.4 Å². The molecule has 0 fully saturated rings. The molecule has 6 atom stereocenters. The minimum atomic E-state index is -4.97. The molecule has 0 spiro atoms. The Morgan fingerprint density at radius 3 is 0.724 bits per heavy atom. The van der Waals surface area contributed by atoms with Gasteiger partial charge in [-0.1, -0.05) is 408 Å². The highest BCUT2D eigenvalue weighted by molar-refractivity contribution is 7.47. The highest BCUT2D eigenvalue weighted by atomic mass is 31.2. The zero-order valence-electron chi connectivity index (χ0n) is 69.0. The van der Waals surface area contributed by atoms with Gasteiger partial charge in [0.15, 0.2) is 12.2 Å². The van der Waals surface area contributed by atoms with Crippen molar-refractivity contribution < 1.29 is 80.2 Å². The van der Waals surface area contributed by atoms with Gasteiger partial charge in [-0.3, -0.25) is 37.3 Å². The third-order valence-electron chi connectivity index (χ3n) is 20.6. The summed E-state index contributed by atoms with van der Waals surface area (Å²) in [6.07, 6.45) is 69.8. The second kappa shape index (κ2) is 77.4. The minimum Gasteiger partial charge on any atom is -0.462 e. The quantitative estimate of drug-likeness (QED) is 0.0222. The highest BCUT2D eigenvalue weighted by Gasteiger charge is 2.30. The fourth-order valence-electron chi connectivity index (χ4n) is 13.4. The summed E-state index contributed by atoms with van der Waals surface area (Å²) >= 11 is 0. The zero-order valence-corrected chi connectivity index (χ0v) is 70.8. The number of esters is 4. The molecule has 0 amide bonds. The van der Waals surface area contributed by atoms with E-state index in [4.69, 9.17) is 37.0 Å². The van der Waals surface area contributed by atoms with E-state index in [1.54, 1.807) is 0 Å². The summed E-state index contributed by atoms with van der Waals surface area (Å²) in [6, 6.07) is 0. The van der Waals surface area contributed by atoms with E-state index in [2.05, 4.69) is 41.5 Å². The van der Waals surface area contributed by atoms with Crippen molar-refractivity contribution in [2.45, 2.75) is 477 Å². The number of rotatable bonds is 85. The fourth-order valence-corrected chi connectivity index (χ4v) is 15.0. The molecule has 0 aromatic rings. The summed E-state index contributed by atoms with van der Waals surface area (Å²) in [5.74, 6) is -0.625. The topological polar surface area (TPSA) is 237 Å². The van der Waals surface area contributed by atoms with Gasteiger partial charge in [-0.25, -0.2) is 9.13 Å². The van der Waals surface area contributed by atoms with Crippen molar-refractivity contribution in [1.82, 2.24) is 0 Å². The Morgan fingerprint density at radius 1 is 0.276 bits per heavy atom. The molecule has 0 saturated heterocycles. The molecule has 3 N–H and O–H groups in total. The fraction of sp³-hybridized carbons (Fsp3) is 0.953. The lowest BCUT2D eigenvalue weighted by atomic mass is 9.99. The van der Waals surface area contributed by atoms with Crippen LogP contribution in [-0.2, 0) is 65.4 Å². The number of aliphatic hydroxyl groups excluding tert-OH is 1. The lowest BCUT2D eigenvalue weighted by Crippen LogP contribution is -2.30. The van der Waals surface area contributed by atoms with Gasteiger partial charge in [-0.05, 0) is 37.5 Å². The number of phosphoric ester groups is 2. The largest absolute Gasteiger partial charge is 0.472 e. The summed E-state index contributed by atoms with van der Waals surface area (Å²) in [5.41, 5.74) is 0. The van der Waals surface area contributed by atoms with Crippen molar-refractivity contribution >= 4 is 39.5 Å². The van der Waals surface area contributed by atoms with Gasteiger partial charge in [-0.15, -0.1) is 0 Å². The predicted molar refractivity (Wildman–Crippen MR) is 432 cm³/mol. The second-order valence-corrected chi connectivity index (χ2v) is 34.6. The molecule has 0 aliphatic heterocycles. The Labute approximate surface area is 645 Å². The first-order chi connectivity index (χ1) is 50.9. The van der Waals surface area contributed by atoms with Crippen LogP contribution < -0.4 is 0 Å². The van der Waals surface area contributed by atoms with Gasteiger partial charge >= 0.3 is 39.5 Å². The van der Waals surface area contributed by atoms with Crippen molar-refractivity contribution in [3.05, 3.63) is 0 Å². The third-order valence-corrected chi connectivity index (χ3v) is 22.5. The molecule has 0 aromatic heterocycles. The normalized spacial score (nSPS) is 14.1. The zero-order chi connectivity index (χ0) is 77.1. The van der Waals surface area contributed by atoms with Crippen molar-refractivity contribution in [1.29, 1.82) is 0 Å². The highest BCUT2D eigenvalue weighted by Crippen LogP contribution is 2.45. The SMILES string of the molecule is CCCCCCCCCCCCCCCCCCCCCCCCC(=O)O[C@H](COC(=O)CCCCCCCCCCCCCCCCCCCCCC)COP(=O)(O)OC[C@@H](O)COP(=O)(O)OC[C@@H](COC(=O)CCCCCCCCC(C)C)OC(=O)CCCCCCCCCCCCC(C)CC. The number of phosphoric acid groups is 2. The van der Waals surface area contributed by atoms with Gasteiger partial charge in [0.25, 0.3) is 0 Å². The van der Waals surface area contributed by atoms with Crippen LogP contribution in [0.2, 0.25) is 0 Å². The van der Waals surface area contributed by atoms with Crippen LogP contribution >= 0.6 is 15.6 Å². The molecule has 0 rings (SSSR count). The predicted octanol–water partition coefficient (Wildman–Crippen LogP) is 26.2. The van der Waals surface area contributed by atoms with E-state index < -0.39 is 97.5 Å². The molecule has 105 heavy (non-hydrogen) atoms. The van der Waals surface area contributed by atoms with E-state index in [-0.39, 0.29) is 25.7 Å². The number of hydrogen-bond donors (Lipinski definition) is 3. The van der Waals surface area contributed by atoms with Gasteiger partial charge in [-0.2, -0.15) is 0 Å². The summed E-state index contributed by atoms with van der Waals surface area (Å²) in [7, 11) is -9.93. The van der Waals surface area contributed by atoms with Crippen LogP contribution in [0.1, 0.15) is 459 Å². The molecular formula is C86H168O17P2. The smallest absolute Gasteiger partial charge is 0.462 e. The third kappa shape index (κ3) is 78.5. The average Bonchev–Trinajstić information content (AvgIpc) is 0.907. The van der Waals surface area contributed by atoms with E-state index in [0.29, 0.717) is 31.6 Å². The standard InChI is InChI=1S/C86H168O17P2/c1-7-10-12-14-16-18-20-22-24-26-28-30-31-33-35-37-39-41-46-50-58-64-70-85(90)102-81(74-96-83(88)68-62-56-49-45-40-38-36-34-32-29-27-25-23-21-19-17-15-13-11-8-2)76-100-104(92,93)98-72-80(87)73-99-105(94,95)101-77-82(75-97-84(89)69-63-57-53-52-54-60-66-78(4)5)103-86(91)71-65-59-51-47-43-42-44-48-55-61-67-79(6)9-3/h78-82,87H,7-77H2,1-6H3,(H,92,93)(H,94,95)/t79?,80-,81-,82-/m1/s1. The Bertz CT molecular complexity index is 2010. The van der Waals surface area contributed by atoms with Crippen LogP contribution in [0.4, 0.5) is 0 Å². The second-order valence-electron chi connectivity index (χ2n) is 31.6. The summed E-state index contributed by atoms with van der Waals surface area (Å²) < 4.78 is 68.8.